The molecular weight excluding hydrogens is 404 g/mol. The third-order valence-electron chi connectivity index (χ3n) is 4.29. The first-order valence-corrected chi connectivity index (χ1v) is 9.44. The van der Waals surface area contributed by atoms with Crippen LogP contribution in [-0.4, -0.2) is 70.1 Å². The maximum Gasteiger partial charge on any atom is 0.316 e. The second-order valence-electron chi connectivity index (χ2n) is 6.22. The van der Waals surface area contributed by atoms with Crippen molar-refractivity contribution >= 4 is 21.8 Å². The van der Waals surface area contributed by atoms with Gasteiger partial charge in [0, 0.05) is 19.6 Å². The maximum atomic E-state index is 12.1. The summed E-state index contributed by atoms with van der Waals surface area (Å²) in [5, 5.41) is 11.1. The molecule has 0 spiro atoms. The predicted molar refractivity (Wildman–Crippen MR) is 97.0 cm³/mol. The van der Waals surface area contributed by atoms with Gasteiger partial charge in [-0.05, 0) is 42.7 Å². The number of aryl methyl sites for hydroxylation is 1. The smallest absolute Gasteiger partial charge is 0.316 e. The van der Waals surface area contributed by atoms with Gasteiger partial charge in [0.2, 0.25) is 0 Å². The lowest BCUT2D eigenvalue weighted by Gasteiger charge is -2.26. The Hall–Kier alpha value is -1.78. The summed E-state index contributed by atoms with van der Waals surface area (Å²) in [4.78, 5) is 18.6. The van der Waals surface area contributed by atoms with Crippen LogP contribution in [0, 0.1) is 13.8 Å². The molecule has 1 aliphatic rings. The summed E-state index contributed by atoms with van der Waals surface area (Å²) in [5.41, 5.74) is 1.87. The molecule has 1 saturated heterocycles. The van der Waals surface area contributed by atoms with Crippen LogP contribution in [0.2, 0.25) is 0 Å². The van der Waals surface area contributed by atoms with Gasteiger partial charge >= 0.3 is 11.8 Å². The zero-order chi connectivity index (χ0) is 18.5. The molecule has 1 aliphatic heterocycles. The average Bonchev–Trinajstić information content (AvgIpc) is 3.21. The third-order valence-corrected chi connectivity index (χ3v) is 5.43. The van der Waals surface area contributed by atoms with Gasteiger partial charge in [-0.2, -0.15) is 10.1 Å². The molecule has 3 rings (SSSR count). The van der Waals surface area contributed by atoms with Crippen molar-refractivity contribution < 1.29 is 14.1 Å². The van der Waals surface area contributed by atoms with Crippen LogP contribution in [0.5, 0.6) is 0 Å². The number of morpholine rings is 1. The Kier molecular flexibility index (Phi) is 6.38. The number of ether oxygens (including phenoxy) is 1. The minimum Gasteiger partial charge on any atom is -0.379 e. The molecule has 0 aliphatic carbocycles. The van der Waals surface area contributed by atoms with E-state index in [2.05, 4.69) is 41.4 Å². The SMILES string of the molecule is Cc1nn(Cc2noc(C(=O)NCCCN3CCOCC3)n2)c(C)c1Br. The van der Waals surface area contributed by atoms with Gasteiger partial charge in [0.15, 0.2) is 5.82 Å². The van der Waals surface area contributed by atoms with E-state index in [-0.39, 0.29) is 11.8 Å². The van der Waals surface area contributed by atoms with Crippen LogP contribution >= 0.6 is 15.9 Å². The molecule has 0 unspecified atom stereocenters. The van der Waals surface area contributed by atoms with E-state index >= 15 is 0 Å². The fourth-order valence-corrected chi connectivity index (χ4v) is 3.06. The fourth-order valence-electron chi connectivity index (χ4n) is 2.78. The summed E-state index contributed by atoms with van der Waals surface area (Å²) < 4.78 is 13.1. The number of aromatic nitrogens is 4. The van der Waals surface area contributed by atoms with Crippen LogP contribution in [0.15, 0.2) is 9.00 Å². The molecule has 3 heterocycles. The lowest BCUT2D eigenvalue weighted by molar-refractivity contribution is 0.0374. The molecule has 9 nitrogen and oxygen atoms in total. The Morgan fingerprint density at radius 2 is 2.08 bits per heavy atom. The molecule has 10 heteroatoms. The number of hydrogen-bond acceptors (Lipinski definition) is 7. The minimum atomic E-state index is -0.347. The Bertz CT molecular complexity index is 753. The molecule has 1 amide bonds. The number of amides is 1. The molecule has 142 valence electrons. The summed E-state index contributed by atoms with van der Waals surface area (Å²) in [6.07, 6.45) is 0.868. The predicted octanol–water partition coefficient (Wildman–Crippen LogP) is 1.15. The van der Waals surface area contributed by atoms with Gasteiger partial charge in [0.05, 0.1) is 29.1 Å². The Balaban J connectivity index is 1.46. The highest BCUT2D eigenvalue weighted by molar-refractivity contribution is 9.10. The van der Waals surface area contributed by atoms with Crippen LogP contribution in [0.1, 0.15) is 34.3 Å². The highest BCUT2D eigenvalue weighted by Gasteiger charge is 2.17. The Morgan fingerprint density at radius 1 is 1.31 bits per heavy atom. The van der Waals surface area contributed by atoms with Gasteiger partial charge in [-0.15, -0.1) is 0 Å². The monoisotopic (exact) mass is 426 g/mol. The topological polar surface area (TPSA) is 98.3 Å². The van der Waals surface area contributed by atoms with E-state index in [0.717, 1.165) is 55.1 Å². The number of carbonyl (C=O) groups excluding carboxylic acids is 1. The number of halogens is 1. The van der Waals surface area contributed by atoms with Crippen LogP contribution < -0.4 is 5.32 Å². The van der Waals surface area contributed by atoms with Gasteiger partial charge in [-0.3, -0.25) is 14.4 Å². The van der Waals surface area contributed by atoms with E-state index in [4.69, 9.17) is 9.26 Å². The van der Waals surface area contributed by atoms with E-state index in [1.54, 1.807) is 4.68 Å². The van der Waals surface area contributed by atoms with Gasteiger partial charge in [-0.1, -0.05) is 5.16 Å². The number of hydrogen-bond donors (Lipinski definition) is 1. The summed E-state index contributed by atoms with van der Waals surface area (Å²) in [6, 6.07) is 0. The zero-order valence-electron chi connectivity index (χ0n) is 15.0. The van der Waals surface area contributed by atoms with Crippen molar-refractivity contribution in [2.75, 3.05) is 39.4 Å². The van der Waals surface area contributed by atoms with Gasteiger partial charge in [0.1, 0.15) is 6.54 Å². The van der Waals surface area contributed by atoms with Crippen molar-refractivity contribution in [1.29, 1.82) is 0 Å². The molecular formula is C16H23BrN6O3. The third kappa shape index (κ3) is 4.68. The first-order valence-electron chi connectivity index (χ1n) is 8.65. The maximum absolute atomic E-state index is 12.1. The van der Waals surface area contributed by atoms with E-state index in [1.165, 1.54) is 0 Å². The number of nitrogens with one attached hydrogen (secondary N) is 1. The lowest BCUT2D eigenvalue weighted by Crippen LogP contribution is -2.38. The molecule has 0 saturated carbocycles. The number of nitrogens with zero attached hydrogens (tertiary/aromatic N) is 5. The summed E-state index contributed by atoms with van der Waals surface area (Å²) in [5.74, 6) is 0.0498. The van der Waals surface area contributed by atoms with E-state index in [1.807, 2.05) is 13.8 Å². The normalized spacial score (nSPS) is 15.3. The van der Waals surface area contributed by atoms with E-state index in [9.17, 15) is 4.79 Å². The van der Waals surface area contributed by atoms with Crippen molar-refractivity contribution in [2.24, 2.45) is 0 Å². The Morgan fingerprint density at radius 3 is 2.77 bits per heavy atom. The second kappa shape index (κ2) is 8.74. The van der Waals surface area contributed by atoms with E-state index in [0.29, 0.717) is 18.9 Å². The number of rotatable bonds is 7. The summed E-state index contributed by atoms with van der Waals surface area (Å²) in [7, 11) is 0. The zero-order valence-corrected chi connectivity index (χ0v) is 16.6. The lowest BCUT2D eigenvalue weighted by atomic mass is 10.3. The minimum absolute atomic E-state index is 0.0213. The van der Waals surface area contributed by atoms with Gasteiger partial charge in [-0.25, -0.2) is 0 Å². The molecule has 0 radical (unpaired) electrons. The molecule has 26 heavy (non-hydrogen) atoms. The summed E-state index contributed by atoms with van der Waals surface area (Å²) in [6.45, 7) is 9.18. The second-order valence-corrected chi connectivity index (χ2v) is 7.01. The highest BCUT2D eigenvalue weighted by Crippen LogP contribution is 2.20. The van der Waals surface area contributed by atoms with Gasteiger partial charge < -0.3 is 14.6 Å². The molecule has 0 atom stereocenters. The van der Waals surface area contributed by atoms with Crippen LogP contribution in [0.4, 0.5) is 0 Å². The van der Waals surface area contributed by atoms with Crippen LogP contribution in [0.3, 0.4) is 0 Å². The fraction of sp³-hybridized carbons (Fsp3) is 0.625. The van der Waals surface area contributed by atoms with Crippen LogP contribution in [0.25, 0.3) is 0 Å². The molecule has 2 aromatic rings. The number of carbonyl (C=O) groups is 1. The van der Waals surface area contributed by atoms with Crippen molar-refractivity contribution in [3.05, 3.63) is 27.6 Å². The highest BCUT2D eigenvalue weighted by atomic mass is 79.9. The summed E-state index contributed by atoms with van der Waals surface area (Å²) >= 11 is 3.48. The molecule has 1 fully saturated rings. The quantitative estimate of drug-likeness (QED) is 0.662. The van der Waals surface area contributed by atoms with Crippen LogP contribution in [-0.2, 0) is 11.3 Å². The molecule has 0 aromatic carbocycles. The Labute approximate surface area is 160 Å². The molecule has 1 N–H and O–H groups in total. The standard InChI is InChI=1S/C16H23BrN6O3/c1-11-14(17)12(2)23(20-11)10-13-19-16(26-21-13)15(24)18-4-3-5-22-6-8-25-9-7-22/h3-10H2,1-2H3,(H,18,24). The first kappa shape index (κ1) is 19.0. The van der Waals surface area contributed by atoms with Crippen molar-refractivity contribution in [3.8, 4) is 0 Å². The largest absolute Gasteiger partial charge is 0.379 e. The van der Waals surface area contributed by atoms with E-state index < -0.39 is 0 Å². The van der Waals surface area contributed by atoms with Crippen molar-refractivity contribution in [1.82, 2.24) is 30.1 Å². The average molecular weight is 427 g/mol. The van der Waals surface area contributed by atoms with Crippen molar-refractivity contribution in [2.45, 2.75) is 26.8 Å². The molecule has 2 aromatic heterocycles. The molecule has 0 bridgehead atoms. The van der Waals surface area contributed by atoms with Crippen molar-refractivity contribution in [3.63, 3.8) is 0 Å². The first-order chi connectivity index (χ1) is 12.5. The van der Waals surface area contributed by atoms with Gasteiger partial charge in [0.25, 0.3) is 0 Å².